The van der Waals surface area contributed by atoms with E-state index >= 15 is 0 Å². The first-order chi connectivity index (χ1) is 6.68. The molecule has 7 heteroatoms. The van der Waals surface area contributed by atoms with Gasteiger partial charge in [0.2, 0.25) is 5.91 Å². The Labute approximate surface area is 79.3 Å². The van der Waals surface area contributed by atoms with Crippen LogP contribution in [0.15, 0.2) is 6.20 Å². The smallest absolute Gasteiger partial charge is 0.276 e. The number of hydrogen-bond donors (Lipinski definition) is 2. The van der Waals surface area contributed by atoms with Gasteiger partial charge in [-0.05, 0) is 0 Å². The van der Waals surface area contributed by atoms with Gasteiger partial charge in [-0.3, -0.25) is 9.59 Å². The zero-order chi connectivity index (χ0) is 10.1. The molecule has 2 rings (SSSR count). The molecule has 1 aromatic rings. The number of H-pyrrole nitrogens is 1. The van der Waals surface area contributed by atoms with E-state index in [2.05, 4.69) is 15.4 Å². The third-order valence-electron chi connectivity index (χ3n) is 2.21. The summed E-state index contributed by atoms with van der Waals surface area (Å²) in [5.74, 6) is -0.809. The minimum absolute atomic E-state index is 0.217. The minimum Gasteiger partial charge on any atom is -0.369 e. The molecule has 2 amide bonds. The van der Waals surface area contributed by atoms with Gasteiger partial charge in [0.05, 0.1) is 12.1 Å². The van der Waals surface area contributed by atoms with E-state index in [0.29, 0.717) is 13.1 Å². The summed E-state index contributed by atoms with van der Waals surface area (Å²) in [4.78, 5) is 23.7. The quantitative estimate of drug-likeness (QED) is 0.590. The lowest BCUT2D eigenvalue weighted by Crippen LogP contribution is -2.54. The number of nitrogens with zero attached hydrogens (tertiary/aromatic N) is 3. The molecule has 0 bridgehead atoms. The van der Waals surface area contributed by atoms with E-state index in [0.717, 1.165) is 0 Å². The molecular weight excluding hydrogens is 186 g/mol. The van der Waals surface area contributed by atoms with Crippen LogP contribution in [0.2, 0.25) is 0 Å². The van der Waals surface area contributed by atoms with Crippen LogP contribution < -0.4 is 5.73 Å². The first-order valence-corrected chi connectivity index (χ1v) is 4.13. The molecule has 1 aromatic heterocycles. The number of hydrogen-bond acceptors (Lipinski definition) is 4. The predicted octanol–water partition coefficient (Wildman–Crippen LogP) is -1.64. The Morgan fingerprint density at radius 1 is 1.57 bits per heavy atom. The molecular formula is C7H9N5O2. The van der Waals surface area contributed by atoms with Gasteiger partial charge in [0.15, 0.2) is 5.69 Å². The normalized spacial score (nSPS) is 16.4. The van der Waals surface area contributed by atoms with Gasteiger partial charge in [-0.15, -0.1) is 0 Å². The van der Waals surface area contributed by atoms with E-state index in [9.17, 15) is 9.59 Å². The van der Waals surface area contributed by atoms with Gasteiger partial charge in [0.25, 0.3) is 5.91 Å². The molecule has 0 saturated carbocycles. The Morgan fingerprint density at radius 3 is 2.79 bits per heavy atom. The molecule has 1 fully saturated rings. The van der Waals surface area contributed by atoms with Crippen molar-refractivity contribution in [3.05, 3.63) is 11.9 Å². The third kappa shape index (κ3) is 1.32. The number of primary amides is 1. The maximum absolute atomic E-state index is 11.5. The van der Waals surface area contributed by atoms with Crippen molar-refractivity contribution >= 4 is 11.8 Å². The number of likely N-dealkylation sites (tertiary alicyclic amines) is 1. The Bertz CT molecular complexity index is 354. The zero-order valence-electron chi connectivity index (χ0n) is 7.30. The molecule has 2 heterocycles. The van der Waals surface area contributed by atoms with E-state index in [1.54, 1.807) is 0 Å². The molecule has 0 aromatic carbocycles. The van der Waals surface area contributed by atoms with Gasteiger partial charge < -0.3 is 10.6 Å². The van der Waals surface area contributed by atoms with E-state index in [4.69, 9.17) is 5.73 Å². The van der Waals surface area contributed by atoms with Gasteiger partial charge >= 0.3 is 0 Å². The topological polar surface area (TPSA) is 105 Å². The van der Waals surface area contributed by atoms with E-state index in [-0.39, 0.29) is 23.4 Å². The van der Waals surface area contributed by atoms with Gasteiger partial charge in [0, 0.05) is 13.1 Å². The van der Waals surface area contributed by atoms with E-state index < -0.39 is 0 Å². The highest BCUT2D eigenvalue weighted by Gasteiger charge is 2.35. The van der Waals surface area contributed by atoms with Gasteiger partial charge in [-0.1, -0.05) is 0 Å². The summed E-state index contributed by atoms with van der Waals surface area (Å²) in [7, 11) is 0. The summed E-state index contributed by atoms with van der Waals surface area (Å²) >= 11 is 0. The highest BCUT2D eigenvalue weighted by molar-refractivity contribution is 5.93. The lowest BCUT2D eigenvalue weighted by Gasteiger charge is -2.36. The molecule has 1 aliphatic rings. The Kier molecular flexibility index (Phi) is 1.91. The van der Waals surface area contributed by atoms with Crippen molar-refractivity contribution in [2.24, 2.45) is 11.7 Å². The largest absolute Gasteiger partial charge is 0.369 e. The second kappa shape index (κ2) is 3.09. The number of nitrogens with two attached hydrogens (primary N) is 1. The molecule has 74 valence electrons. The van der Waals surface area contributed by atoms with Crippen LogP contribution in [0.3, 0.4) is 0 Å². The van der Waals surface area contributed by atoms with Crippen LogP contribution in [0.25, 0.3) is 0 Å². The van der Waals surface area contributed by atoms with Gasteiger partial charge in [0.1, 0.15) is 0 Å². The zero-order valence-corrected chi connectivity index (χ0v) is 7.30. The monoisotopic (exact) mass is 195 g/mol. The van der Waals surface area contributed by atoms with Gasteiger partial charge in [-0.2, -0.15) is 15.4 Å². The fraction of sp³-hybridized carbons (Fsp3) is 0.429. The lowest BCUT2D eigenvalue weighted by atomic mass is 9.99. The summed E-state index contributed by atoms with van der Waals surface area (Å²) in [5, 5.41) is 9.52. The van der Waals surface area contributed by atoms with Crippen molar-refractivity contribution in [3.63, 3.8) is 0 Å². The summed E-state index contributed by atoms with van der Waals surface area (Å²) in [6.45, 7) is 0.752. The highest BCUT2D eigenvalue weighted by atomic mass is 16.2. The molecule has 0 radical (unpaired) electrons. The highest BCUT2D eigenvalue weighted by Crippen LogP contribution is 2.16. The van der Waals surface area contributed by atoms with Crippen LogP contribution in [0, 0.1) is 5.92 Å². The third-order valence-corrected chi connectivity index (χ3v) is 2.21. The maximum atomic E-state index is 11.5. The number of rotatable bonds is 2. The fourth-order valence-corrected chi connectivity index (χ4v) is 1.29. The molecule has 3 N–H and O–H groups in total. The molecule has 14 heavy (non-hydrogen) atoms. The van der Waals surface area contributed by atoms with Crippen LogP contribution in [0.1, 0.15) is 10.5 Å². The van der Waals surface area contributed by atoms with E-state index in [1.165, 1.54) is 11.1 Å². The van der Waals surface area contributed by atoms with Crippen LogP contribution in [-0.2, 0) is 4.79 Å². The molecule has 0 unspecified atom stereocenters. The van der Waals surface area contributed by atoms with Crippen molar-refractivity contribution in [2.45, 2.75) is 0 Å². The number of amides is 2. The second-order valence-electron chi connectivity index (χ2n) is 3.16. The summed E-state index contributed by atoms with van der Waals surface area (Å²) < 4.78 is 0. The van der Waals surface area contributed by atoms with Crippen molar-refractivity contribution in [3.8, 4) is 0 Å². The minimum atomic E-state index is -0.366. The number of carbonyl (C=O) groups is 2. The SMILES string of the molecule is NC(=O)C1CN(C(=O)c2cn[nH]n2)C1. The maximum Gasteiger partial charge on any atom is 0.276 e. The first-order valence-electron chi connectivity index (χ1n) is 4.13. The lowest BCUT2D eigenvalue weighted by molar-refractivity contribution is -0.125. The molecule has 7 nitrogen and oxygen atoms in total. The average Bonchev–Trinajstić information content (AvgIpc) is 2.51. The molecule has 0 aliphatic carbocycles. The average molecular weight is 195 g/mol. The Morgan fingerprint density at radius 2 is 2.29 bits per heavy atom. The van der Waals surface area contributed by atoms with Crippen molar-refractivity contribution < 1.29 is 9.59 Å². The van der Waals surface area contributed by atoms with Crippen molar-refractivity contribution in [2.75, 3.05) is 13.1 Å². The number of carbonyl (C=O) groups excluding carboxylic acids is 2. The Balaban J connectivity index is 1.95. The van der Waals surface area contributed by atoms with Crippen LogP contribution in [0.4, 0.5) is 0 Å². The summed E-state index contributed by atoms with van der Waals surface area (Å²) in [6.07, 6.45) is 1.35. The van der Waals surface area contributed by atoms with Crippen LogP contribution in [-0.4, -0.2) is 45.2 Å². The van der Waals surface area contributed by atoms with Crippen LogP contribution in [0.5, 0.6) is 0 Å². The molecule has 0 atom stereocenters. The van der Waals surface area contributed by atoms with Crippen molar-refractivity contribution in [1.82, 2.24) is 20.3 Å². The molecule has 0 spiro atoms. The van der Waals surface area contributed by atoms with Crippen LogP contribution >= 0.6 is 0 Å². The summed E-state index contributed by atoms with van der Waals surface area (Å²) in [5.41, 5.74) is 5.33. The number of aromatic nitrogens is 3. The summed E-state index contributed by atoms with van der Waals surface area (Å²) in [6, 6.07) is 0. The first kappa shape index (κ1) is 8.67. The van der Waals surface area contributed by atoms with Gasteiger partial charge in [-0.25, -0.2) is 0 Å². The standard InChI is InChI=1S/C7H9N5O2/c8-6(13)4-2-12(3-4)7(14)5-1-9-11-10-5/h1,4H,2-3H2,(H2,8,13)(H,9,10,11). The fourth-order valence-electron chi connectivity index (χ4n) is 1.29. The predicted molar refractivity (Wildman–Crippen MR) is 45.0 cm³/mol. The number of nitrogens with one attached hydrogen (secondary N) is 1. The number of aromatic amines is 1. The molecule has 1 aliphatic heterocycles. The van der Waals surface area contributed by atoms with Crippen molar-refractivity contribution in [1.29, 1.82) is 0 Å². The van der Waals surface area contributed by atoms with E-state index in [1.807, 2.05) is 0 Å². The second-order valence-corrected chi connectivity index (χ2v) is 3.16. The molecule has 1 saturated heterocycles. The Hall–Kier alpha value is -1.92.